The van der Waals surface area contributed by atoms with Crippen molar-refractivity contribution in [3.05, 3.63) is 60.2 Å². The van der Waals surface area contributed by atoms with Gasteiger partial charge < -0.3 is 9.47 Å². The lowest BCUT2D eigenvalue weighted by atomic mass is 9.97. The molecule has 0 aliphatic heterocycles. The first-order valence-corrected chi connectivity index (χ1v) is 8.12. The van der Waals surface area contributed by atoms with Crippen molar-refractivity contribution in [1.29, 1.82) is 0 Å². The van der Waals surface area contributed by atoms with Crippen LogP contribution in [0, 0.1) is 0 Å². The highest BCUT2D eigenvalue weighted by Crippen LogP contribution is 2.28. The molecule has 23 heavy (non-hydrogen) atoms. The Labute approximate surface area is 138 Å². The normalized spacial score (nSPS) is 13.2. The quantitative estimate of drug-likeness (QED) is 0.517. The summed E-state index contributed by atoms with van der Waals surface area (Å²) in [7, 11) is 0. The fourth-order valence-corrected chi connectivity index (χ4v) is 2.45. The summed E-state index contributed by atoms with van der Waals surface area (Å²) in [5, 5.41) is 0. The van der Waals surface area contributed by atoms with Gasteiger partial charge in [0.15, 0.2) is 0 Å². The highest BCUT2D eigenvalue weighted by atomic mass is 16.5. The Balaban J connectivity index is 2.09. The predicted molar refractivity (Wildman–Crippen MR) is 92.1 cm³/mol. The van der Waals surface area contributed by atoms with Crippen LogP contribution >= 0.6 is 0 Å². The SMILES string of the molecule is CCCC(C)(CC)Oc1cccc(OC(=O)c2ccccc2)c1. The summed E-state index contributed by atoms with van der Waals surface area (Å²) in [6.07, 6.45) is 2.97. The summed E-state index contributed by atoms with van der Waals surface area (Å²) in [6.45, 7) is 6.38. The minimum absolute atomic E-state index is 0.198. The Morgan fingerprint density at radius 1 is 1.00 bits per heavy atom. The van der Waals surface area contributed by atoms with Gasteiger partial charge in [-0.1, -0.05) is 44.5 Å². The standard InChI is InChI=1S/C20H24O3/c1-4-14-20(3,5-2)23-18-13-9-12-17(15-18)22-19(21)16-10-7-6-8-11-16/h6-13,15H,4-5,14H2,1-3H3. The average Bonchev–Trinajstić information content (AvgIpc) is 2.56. The van der Waals surface area contributed by atoms with Crippen LogP contribution in [0.1, 0.15) is 50.4 Å². The van der Waals surface area contributed by atoms with E-state index in [1.54, 1.807) is 24.3 Å². The van der Waals surface area contributed by atoms with Gasteiger partial charge in [0.1, 0.15) is 17.1 Å². The van der Waals surface area contributed by atoms with Gasteiger partial charge in [0.05, 0.1) is 5.56 Å². The maximum atomic E-state index is 12.1. The van der Waals surface area contributed by atoms with Gasteiger partial charge in [-0.2, -0.15) is 0 Å². The number of carbonyl (C=O) groups is 1. The maximum absolute atomic E-state index is 12.1. The second kappa shape index (κ2) is 7.82. The molecule has 3 heteroatoms. The van der Waals surface area contributed by atoms with Gasteiger partial charge in [0.2, 0.25) is 0 Å². The number of hydrogen-bond acceptors (Lipinski definition) is 3. The van der Waals surface area contributed by atoms with Crippen molar-refractivity contribution in [2.75, 3.05) is 0 Å². The Morgan fingerprint density at radius 3 is 2.35 bits per heavy atom. The van der Waals surface area contributed by atoms with Crippen LogP contribution < -0.4 is 9.47 Å². The van der Waals surface area contributed by atoms with Gasteiger partial charge in [-0.25, -0.2) is 4.79 Å². The maximum Gasteiger partial charge on any atom is 0.343 e. The second-order valence-corrected chi connectivity index (χ2v) is 5.89. The third-order valence-electron chi connectivity index (χ3n) is 3.92. The first-order chi connectivity index (χ1) is 11.1. The summed E-state index contributed by atoms with van der Waals surface area (Å²) >= 11 is 0. The number of benzene rings is 2. The number of carbonyl (C=O) groups excluding carboxylic acids is 1. The molecular formula is C20H24O3. The van der Waals surface area contributed by atoms with E-state index in [0.717, 1.165) is 25.0 Å². The fraction of sp³-hybridized carbons (Fsp3) is 0.350. The lowest BCUT2D eigenvalue weighted by molar-refractivity contribution is 0.0712. The zero-order valence-electron chi connectivity index (χ0n) is 14.0. The molecule has 2 rings (SSSR count). The molecule has 1 unspecified atom stereocenters. The summed E-state index contributed by atoms with van der Waals surface area (Å²) in [5.41, 5.74) is 0.333. The topological polar surface area (TPSA) is 35.5 Å². The highest BCUT2D eigenvalue weighted by Gasteiger charge is 2.23. The molecule has 2 aromatic carbocycles. The van der Waals surface area contributed by atoms with Gasteiger partial charge in [0, 0.05) is 6.07 Å². The summed E-state index contributed by atoms with van der Waals surface area (Å²) in [6, 6.07) is 16.2. The summed E-state index contributed by atoms with van der Waals surface area (Å²) in [5.74, 6) is 0.849. The third kappa shape index (κ3) is 4.85. The van der Waals surface area contributed by atoms with Crippen molar-refractivity contribution in [3.8, 4) is 11.5 Å². The molecule has 0 amide bonds. The molecule has 0 radical (unpaired) electrons. The smallest absolute Gasteiger partial charge is 0.343 e. The molecule has 122 valence electrons. The molecule has 1 atom stereocenters. The highest BCUT2D eigenvalue weighted by molar-refractivity contribution is 5.90. The van der Waals surface area contributed by atoms with Crippen molar-refractivity contribution in [1.82, 2.24) is 0 Å². The van der Waals surface area contributed by atoms with Crippen LogP contribution in [-0.2, 0) is 0 Å². The first kappa shape index (κ1) is 17.1. The van der Waals surface area contributed by atoms with E-state index in [2.05, 4.69) is 20.8 Å². The van der Waals surface area contributed by atoms with E-state index in [-0.39, 0.29) is 11.6 Å². The van der Waals surface area contributed by atoms with Crippen molar-refractivity contribution < 1.29 is 14.3 Å². The van der Waals surface area contributed by atoms with Gasteiger partial charge >= 0.3 is 5.97 Å². The first-order valence-electron chi connectivity index (χ1n) is 8.12. The molecule has 2 aromatic rings. The Kier molecular flexibility index (Phi) is 5.80. The lowest BCUT2D eigenvalue weighted by Gasteiger charge is -2.29. The molecule has 0 aromatic heterocycles. The van der Waals surface area contributed by atoms with Crippen LogP contribution in [0.15, 0.2) is 54.6 Å². The van der Waals surface area contributed by atoms with Gasteiger partial charge in [-0.15, -0.1) is 0 Å². The van der Waals surface area contributed by atoms with E-state index in [9.17, 15) is 4.79 Å². The fourth-order valence-electron chi connectivity index (χ4n) is 2.45. The van der Waals surface area contributed by atoms with Crippen LogP contribution in [0.4, 0.5) is 0 Å². The van der Waals surface area contributed by atoms with Gasteiger partial charge in [-0.3, -0.25) is 0 Å². The van der Waals surface area contributed by atoms with Crippen LogP contribution in [0.2, 0.25) is 0 Å². The van der Waals surface area contributed by atoms with Crippen molar-refractivity contribution >= 4 is 5.97 Å². The monoisotopic (exact) mass is 312 g/mol. The molecule has 0 bridgehead atoms. The Hall–Kier alpha value is -2.29. The van der Waals surface area contributed by atoms with E-state index in [1.165, 1.54) is 0 Å². The molecule has 0 saturated carbocycles. The molecular weight excluding hydrogens is 288 g/mol. The van der Waals surface area contributed by atoms with E-state index in [1.807, 2.05) is 30.3 Å². The Bertz CT molecular complexity index is 636. The average molecular weight is 312 g/mol. The number of hydrogen-bond donors (Lipinski definition) is 0. The van der Waals surface area contributed by atoms with E-state index < -0.39 is 0 Å². The van der Waals surface area contributed by atoms with E-state index in [0.29, 0.717) is 11.3 Å². The van der Waals surface area contributed by atoms with Crippen LogP contribution in [-0.4, -0.2) is 11.6 Å². The Morgan fingerprint density at radius 2 is 1.70 bits per heavy atom. The molecule has 0 aliphatic rings. The minimum atomic E-state index is -0.366. The third-order valence-corrected chi connectivity index (χ3v) is 3.92. The van der Waals surface area contributed by atoms with Crippen LogP contribution in [0.3, 0.4) is 0 Å². The van der Waals surface area contributed by atoms with Crippen molar-refractivity contribution in [2.45, 2.75) is 45.6 Å². The lowest BCUT2D eigenvalue weighted by Crippen LogP contribution is -2.31. The molecule has 0 heterocycles. The van der Waals surface area contributed by atoms with Crippen molar-refractivity contribution in [3.63, 3.8) is 0 Å². The van der Waals surface area contributed by atoms with Crippen molar-refractivity contribution in [2.24, 2.45) is 0 Å². The zero-order valence-corrected chi connectivity index (χ0v) is 14.0. The molecule has 3 nitrogen and oxygen atoms in total. The number of esters is 1. The van der Waals surface area contributed by atoms with Crippen LogP contribution in [0.25, 0.3) is 0 Å². The van der Waals surface area contributed by atoms with E-state index in [4.69, 9.17) is 9.47 Å². The molecule has 0 N–H and O–H groups in total. The predicted octanol–water partition coefficient (Wildman–Crippen LogP) is 5.25. The van der Waals surface area contributed by atoms with Crippen LogP contribution in [0.5, 0.6) is 11.5 Å². The van der Waals surface area contributed by atoms with Gasteiger partial charge in [-0.05, 0) is 44.0 Å². The largest absolute Gasteiger partial charge is 0.487 e. The van der Waals surface area contributed by atoms with E-state index >= 15 is 0 Å². The minimum Gasteiger partial charge on any atom is -0.487 e. The zero-order chi connectivity index (χ0) is 16.7. The summed E-state index contributed by atoms with van der Waals surface area (Å²) < 4.78 is 11.6. The number of rotatable bonds is 7. The molecule has 0 fully saturated rings. The molecule has 0 spiro atoms. The summed E-state index contributed by atoms with van der Waals surface area (Å²) in [4.78, 5) is 12.1. The van der Waals surface area contributed by atoms with Gasteiger partial charge in [0.25, 0.3) is 0 Å². The molecule has 0 aliphatic carbocycles. The molecule has 0 saturated heterocycles. The second-order valence-electron chi connectivity index (χ2n) is 5.89. The number of ether oxygens (including phenoxy) is 2.